The van der Waals surface area contributed by atoms with E-state index in [-0.39, 0.29) is 12.1 Å². The SMILES string of the molecule is Cc1c([C@@H]2OCC[C@H]2N)cnn1C. The zero-order valence-corrected chi connectivity index (χ0v) is 8.03. The lowest BCUT2D eigenvalue weighted by atomic mass is 10.0. The second-order valence-corrected chi connectivity index (χ2v) is 3.55. The molecule has 4 nitrogen and oxygen atoms in total. The van der Waals surface area contributed by atoms with Gasteiger partial charge in [-0.1, -0.05) is 0 Å². The molecule has 1 aliphatic heterocycles. The molecule has 0 aliphatic carbocycles. The zero-order chi connectivity index (χ0) is 9.42. The summed E-state index contributed by atoms with van der Waals surface area (Å²) in [6, 6.07) is 0.128. The van der Waals surface area contributed by atoms with Gasteiger partial charge in [0.15, 0.2) is 0 Å². The lowest BCUT2D eigenvalue weighted by Gasteiger charge is -2.13. The Hall–Kier alpha value is -0.870. The van der Waals surface area contributed by atoms with Crippen LogP contribution in [0.1, 0.15) is 23.8 Å². The van der Waals surface area contributed by atoms with Crippen molar-refractivity contribution in [2.24, 2.45) is 12.8 Å². The number of aromatic nitrogens is 2. The van der Waals surface area contributed by atoms with Crippen molar-refractivity contribution in [3.05, 3.63) is 17.5 Å². The molecule has 1 aromatic heterocycles. The smallest absolute Gasteiger partial charge is 0.101 e. The minimum Gasteiger partial charge on any atom is -0.372 e. The molecule has 0 unspecified atom stereocenters. The van der Waals surface area contributed by atoms with E-state index in [9.17, 15) is 0 Å². The van der Waals surface area contributed by atoms with E-state index in [1.165, 1.54) is 0 Å². The van der Waals surface area contributed by atoms with Crippen LogP contribution in [0.2, 0.25) is 0 Å². The number of hydrogen-bond donors (Lipinski definition) is 1. The zero-order valence-electron chi connectivity index (χ0n) is 8.03. The fourth-order valence-electron chi connectivity index (χ4n) is 1.72. The van der Waals surface area contributed by atoms with E-state index in [1.54, 1.807) is 0 Å². The second-order valence-electron chi connectivity index (χ2n) is 3.55. The van der Waals surface area contributed by atoms with E-state index < -0.39 is 0 Å². The third kappa shape index (κ3) is 1.36. The Morgan fingerprint density at radius 2 is 2.46 bits per heavy atom. The van der Waals surface area contributed by atoms with E-state index in [2.05, 4.69) is 5.10 Å². The van der Waals surface area contributed by atoms with Gasteiger partial charge in [-0.15, -0.1) is 0 Å². The fourth-order valence-corrected chi connectivity index (χ4v) is 1.72. The minimum atomic E-state index is 0.0497. The summed E-state index contributed by atoms with van der Waals surface area (Å²) in [5, 5.41) is 4.18. The average Bonchev–Trinajstić information content (AvgIpc) is 2.62. The van der Waals surface area contributed by atoms with Crippen molar-refractivity contribution in [1.29, 1.82) is 0 Å². The van der Waals surface area contributed by atoms with Gasteiger partial charge in [-0.05, 0) is 13.3 Å². The molecule has 2 heterocycles. The molecule has 0 radical (unpaired) electrons. The van der Waals surface area contributed by atoms with Gasteiger partial charge in [-0.3, -0.25) is 4.68 Å². The number of nitrogens with zero attached hydrogens (tertiary/aromatic N) is 2. The summed E-state index contributed by atoms with van der Waals surface area (Å²) < 4.78 is 7.42. The predicted octanol–water partition coefficient (Wildman–Crippen LogP) is 0.517. The summed E-state index contributed by atoms with van der Waals surface area (Å²) in [5.41, 5.74) is 8.20. The Morgan fingerprint density at radius 3 is 2.92 bits per heavy atom. The topological polar surface area (TPSA) is 53.1 Å². The van der Waals surface area contributed by atoms with Crippen molar-refractivity contribution in [1.82, 2.24) is 9.78 Å². The highest BCUT2D eigenvalue weighted by molar-refractivity contribution is 5.21. The van der Waals surface area contributed by atoms with Crippen LogP contribution < -0.4 is 5.73 Å². The van der Waals surface area contributed by atoms with Crippen LogP contribution in [0.3, 0.4) is 0 Å². The van der Waals surface area contributed by atoms with E-state index >= 15 is 0 Å². The quantitative estimate of drug-likeness (QED) is 0.687. The van der Waals surface area contributed by atoms with Crippen LogP contribution in [-0.4, -0.2) is 22.4 Å². The Labute approximate surface area is 77.7 Å². The van der Waals surface area contributed by atoms with E-state index in [1.807, 2.05) is 24.9 Å². The Bertz CT molecular complexity index is 308. The molecular weight excluding hydrogens is 166 g/mol. The second kappa shape index (κ2) is 3.12. The van der Waals surface area contributed by atoms with Crippen LogP contribution in [0.25, 0.3) is 0 Å². The predicted molar refractivity (Wildman–Crippen MR) is 49.2 cm³/mol. The van der Waals surface area contributed by atoms with E-state index in [4.69, 9.17) is 10.5 Å². The van der Waals surface area contributed by atoms with Gasteiger partial charge < -0.3 is 10.5 Å². The molecule has 2 N–H and O–H groups in total. The van der Waals surface area contributed by atoms with Gasteiger partial charge in [0, 0.05) is 31.0 Å². The maximum atomic E-state index is 5.93. The van der Waals surface area contributed by atoms with Crippen molar-refractivity contribution < 1.29 is 4.74 Å². The van der Waals surface area contributed by atoms with Gasteiger partial charge in [0.05, 0.1) is 6.20 Å². The first-order valence-electron chi connectivity index (χ1n) is 4.56. The molecule has 2 rings (SSSR count). The molecule has 13 heavy (non-hydrogen) atoms. The van der Waals surface area contributed by atoms with Crippen LogP contribution in [0.4, 0.5) is 0 Å². The highest BCUT2D eigenvalue weighted by Gasteiger charge is 2.28. The Balaban J connectivity index is 2.29. The van der Waals surface area contributed by atoms with E-state index in [0.717, 1.165) is 24.3 Å². The normalized spacial score (nSPS) is 28.2. The first-order valence-corrected chi connectivity index (χ1v) is 4.56. The molecule has 0 bridgehead atoms. The van der Waals surface area contributed by atoms with Crippen molar-refractivity contribution in [3.63, 3.8) is 0 Å². The third-order valence-electron chi connectivity index (χ3n) is 2.72. The van der Waals surface area contributed by atoms with Gasteiger partial charge >= 0.3 is 0 Å². The van der Waals surface area contributed by atoms with Gasteiger partial charge in [0.2, 0.25) is 0 Å². The summed E-state index contributed by atoms with van der Waals surface area (Å²) in [7, 11) is 1.93. The monoisotopic (exact) mass is 181 g/mol. The third-order valence-corrected chi connectivity index (χ3v) is 2.72. The summed E-state index contributed by atoms with van der Waals surface area (Å²) in [5.74, 6) is 0. The van der Waals surface area contributed by atoms with Crippen LogP contribution in [-0.2, 0) is 11.8 Å². The van der Waals surface area contributed by atoms with Gasteiger partial charge in [-0.2, -0.15) is 5.10 Å². The molecule has 0 amide bonds. The van der Waals surface area contributed by atoms with Crippen molar-refractivity contribution in [2.45, 2.75) is 25.5 Å². The number of hydrogen-bond acceptors (Lipinski definition) is 3. The fraction of sp³-hybridized carbons (Fsp3) is 0.667. The summed E-state index contributed by atoms with van der Waals surface area (Å²) >= 11 is 0. The van der Waals surface area contributed by atoms with Crippen molar-refractivity contribution >= 4 is 0 Å². The molecule has 0 aromatic carbocycles. The first-order chi connectivity index (χ1) is 6.20. The van der Waals surface area contributed by atoms with Crippen LogP contribution >= 0.6 is 0 Å². The molecule has 1 aliphatic rings. The number of ether oxygens (including phenoxy) is 1. The van der Waals surface area contributed by atoms with E-state index in [0.29, 0.717) is 0 Å². The highest BCUT2D eigenvalue weighted by atomic mass is 16.5. The molecular formula is C9H15N3O. The van der Waals surface area contributed by atoms with Gasteiger partial charge in [-0.25, -0.2) is 0 Å². The number of rotatable bonds is 1. The highest BCUT2D eigenvalue weighted by Crippen LogP contribution is 2.29. The lowest BCUT2D eigenvalue weighted by Crippen LogP contribution is -2.23. The molecule has 0 spiro atoms. The Morgan fingerprint density at radius 1 is 1.69 bits per heavy atom. The molecule has 1 fully saturated rings. The summed E-state index contributed by atoms with van der Waals surface area (Å²) in [6.45, 7) is 2.80. The molecule has 0 saturated carbocycles. The van der Waals surface area contributed by atoms with Crippen LogP contribution in [0, 0.1) is 6.92 Å². The van der Waals surface area contributed by atoms with Crippen LogP contribution in [0.15, 0.2) is 6.20 Å². The van der Waals surface area contributed by atoms with Gasteiger partial charge in [0.1, 0.15) is 6.10 Å². The van der Waals surface area contributed by atoms with Gasteiger partial charge in [0.25, 0.3) is 0 Å². The average molecular weight is 181 g/mol. The number of aryl methyl sites for hydroxylation is 1. The van der Waals surface area contributed by atoms with Crippen molar-refractivity contribution in [3.8, 4) is 0 Å². The number of nitrogens with two attached hydrogens (primary N) is 1. The minimum absolute atomic E-state index is 0.0497. The molecule has 1 saturated heterocycles. The maximum absolute atomic E-state index is 5.93. The Kier molecular flexibility index (Phi) is 2.09. The molecule has 4 heteroatoms. The van der Waals surface area contributed by atoms with Crippen molar-refractivity contribution in [2.75, 3.05) is 6.61 Å². The molecule has 72 valence electrons. The molecule has 1 aromatic rings. The summed E-state index contributed by atoms with van der Waals surface area (Å²) in [6.07, 6.45) is 2.85. The maximum Gasteiger partial charge on any atom is 0.101 e. The summed E-state index contributed by atoms with van der Waals surface area (Å²) in [4.78, 5) is 0. The lowest BCUT2D eigenvalue weighted by molar-refractivity contribution is 0.104. The first kappa shape index (κ1) is 8.72. The van der Waals surface area contributed by atoms with Crippen LogP contribution in [0.5, 0.6) is 0 Å². The standard InChI is InChI=1S/C9H15N3O/c1-6-7(5-11-12(6)2)9-8(10)3-4-13-9/h5,8-9H,3-4,10H2,1-2H3/t8-,9+/m1/s1. The largest absolute Gasteiger partial charge is 0.372 e. The molecule has 2 atom stereocenters.